The molecule has 0 spiro atoms. The third kappa shape index (κ3) is 3.36. The molecule has 2 N–H and O–H groups in total. The van der Waals surface area contributed by atoms with Crippen molar-refractivity contribution in [2.24, 2.45) is 11.3 Å². The van der Waals surface area contributed by atoms with Gasteiger partial charge in [0.15, 0.2) is 0 Å². The Morgan fingerprint density at radius 2 is 1.88 bits per heavy atom. The van der Waals surface area contributed by atoms with Crippen LogP contribution in [0.4, 0.5) is 0 Å². The summed E-state index contributed by atoms with van der Waals surface area (Å²) >= 11 is 0. The molecule has 4 heteroatoms. The number of hydrogen-bond donors (Lipinski definition) is 2. The van der Waals surface area contributed by atoms with Crippen LogP contribution in [-0.4, -0.2) is 28.9 Å². The number of nitrogens with one attached hydrogen (secondary N) is 2. The maximum absolute atomic E-state index is 13.6. The average Bonchev–Trinajstić information content (AvgIpc) is 3.22. The van der Waals surface area contributed by atoms with Crippen LogP contribution >= 0.6 is 0 Å². The van der Waals surface area contributed by atoms with Crippen molar-refractivity contribution in [1.82, 2.24) is 15.2 Å². The van der Waals surface area contributed by atoms with E-state index in [0.29, 0.717) is 0 Å². The van der Waals surface area contributed by atoms with Crippen molar-refractivity contribution in [2.75, 3.05) is 13.1 Å². The molecule has 1 saturated heterocycles. The molecule has 1 fully saturated rings. The van der Waals surface area contributed by atoms with Gasteiger partial charge in [0.1, 0.15) is 0 Å². The van der Waals surface area contributed by atoms with Crippen LogP contribution in [0.2, 0.25) is 0 Å². The van der Waals surface area contributed by atoms with Gasteiger partial charge in [0.2, 0.25) is 5.91 Å². The van der Waals surface area contributed by atoms with Gasteiger partial charge >= 0.3 is 0 Å². The monoisotopic (exact) mass is 429 g/mol. The SMILES string of the molecule is CC[C@@]1(C(C)C(=O)N[C@@H](C)c2ccccc2)CCCN2CCc3c([nH]c4ccccc34)[C@@H]21. The Kier molecular flexibility index (Phi) is 5.58. The Morgan fingerprint density at radius 3 is 2.66 bits per heavy atom. The fraction of sp³-hybridized carbons (Fsp3) is 0.464. The zero-order chi connectivity index (χ0) is 22.3. The van der Waals surface area contributed by atoms with Crippen LogP contribution in [0.5, 0.6) is 0 Å². The van der Waals surface area contributed by atoms with Crippen LogP contribution in [-0.2, 0) is 11.2 Å². The van der Waals surface area contributed by atoms with E-state index in [1.165, 1.54) is 22.2 Å². The van der Waals surface area contributed by atoms with Gasteiger partial charge < -0.3 is 10.3 Å². The van der Waals surface area contributed by atoms with E-state index >= 15 is 0 Å². The van der Waals surface area contributed by atoms with Crippen molar-refractivity contribution < 1.29 is 4.79 Å². The molecule has 0 bridgehead atoms. The number of para-hydroxylation sites is 1. The standard InChI is InChI=1S/C28H35N3O/c1-4-28(19(2)27(32)29-20(3)21-11-6-5-7-12-21)16-10-17-31-18-15-23-22-13-8-9-14-24(22)30-25(23)26(28)31/h5-9,11-14,19-20,26,30H,4,10,15-18H2,1-3H3,(H,29,32)/t19?,20-,26+,28-/m0/s1. The highest BCUT2D eigenvalue weighted by Crippen LogP contribution is 2.55. The summed E-state index contributed by atoms with van der Waals surface area (Å²) in [5, 5.41) is 4.68. The van der Waals surface area contributed by atoms with Crippen molar-refractivity contribution in [3.63, 3.8) is 0 Å². The number of amides is 1. The van der Waals surface area contributed by atoms with E-state index < -0.39 is 0 Å². The molecule has 168 valence electrons. The third-order valence-corrected chi connectivity index (χ3v) is 8.34. The number of hydrogen-bond acceptors (Lipinski definition) is 2. The molecule has 2 aliphatic rings. The first-order valence-electron chi connectivity index (χ1n) is 12.2. The lowest BCUT2D eigenvalue weighted by Gasteiger charge is -2.54. The molecule has 3 heterocycles. The molecule has 4 nitrogen and oxygen atoms in total. The Balaban J connectivity index is 1.50. The summed E-state index contributed by atoms with van der Waals surface area (Å²) in [4.78, 5) is 20.0. The zero-order valence-electron chi connectivity index (χ0n) is 19.5. The molecule has 0 radical (unpaired) electrons. The molecule has 0 saturated carbocycles. The molecule has 2 aliphatic heterocycles. The number of aromatic amines is 1. The number of aromatic nitrogens is 1. The van der Waals surface area contributed by atoms with Crippen LogP contribution in [0, 0.1) is 11.3 Å². The van der Waals surface area contributed by atoms with Gasteiger partial charge in [-0.25, -0.2) is 0 Å². The van der Waals surface area contributed by atoms with E-state index in [0.717, 1.165) is 44.3 Å². The summed E-state index contributed by atoms with van der Waals surface area (Å²) in [6.45, 7) is 8.73. The largest absolute Gasteiger partial charge is 0.357 e. The molecule has 2 aromatic carbocycles. The molecule has 3 aromatic rings. The molecule has 32 heavy (non-hydrogen) atoms. The van der Waals surface area contributed by atoms with Crippen LogP contribution in [0.3, 0.4) is 0 Å². The topological polar surface area (TPSA) is 48.1 Å². The summed E-state index contributed by atoms with van der Waals surface area (Å²) in [6, 6.07) is 19.2. The quantitative estimate of drug-likeness (QED) is 0.541. The van der Waals surface area contributed by atoms with E-state index in [2.05, 4.69) is 72.4 Å². The van der Waals surface area contributed by atoms with Gasteiger partial charge in [0, 0.05) is 34.5 Å². The Bertz CT molecular complexity index is 1100. The molecular weight excluding hydrogens is 394 g/mol. The molecule has 0 aliphatic carbocycles. The fourth-order valence-electron chi connectivity index (χ4n) is 6.48. The van der Waals surface area contributed by atoms with Gasteiger partial charge in [-0.05, 0) is 56.3 Å². The van der Waals surface area contributed by atoms with Crippen LogP contribution in [0.25, 0.3) is 10.9 Å². The Labute approximate surface area is 191 Å². The second kappa shape index (κ2) is 8.40. The van der Waals surface area contributed by atoms with Crippen molar-refractivity contribution in [3.8, 4) is 0 Å². The van der Waals surface area contributed by atoms with Crippen LogP contribution < -0.4 is 5.32 Å². The highest BCUT2D eigenvalue weighted by atomic mass is 16.2. The normalized spacial score (nSPS) is 25.0. The zero-order valence-corrected chi connectivity index (χ0v) is 19.5. The first-order valence-corrected chi connectivity index (χ1v) is 12.2. The number of piperidine rings is 1. The lowest BCUT2D eigenvalue weighted by Crippen LogP contribution is -2.54. The van der Waals surface area contributed by atoms with E-state index in [1.54, 1.807) is 0 Å². The highest BCUT2D eigenvalue weighted by molar-refractivity contribution is 5.85. The molecular formula is C28H35N3O. The lowest BCUT2D eigenvalue weighted by atomic mass is 9.61. The summed E-state index contributed by atoms with van der Waals surface area (Å²) in [5.74, 6) is 0.108. The van der Waals surface area contributed by atoms with Crippen molar-refractivity contribution in [1.29, 1.82) is 0 Å². The number of nitrogens with zero attached hydrogens (tertiary/aromatic N) is 1. The summed E-state index contributed by atoms with van der Waals surface area (Å²) < 4.78 is 0. The van der Waals surface area contributed by atoms with E-state index in [4.69, 9.17) is 0 Å². The number of carbonyl (C=O) groups is 1. The van der Waals surface area contributed by atoms with Crippen LogP contribution in [0.1, 0.15) is 68.9 Å². The molecule has 1 amide bonds. The summed E-state index contributed by atoms with van der Waals surface area (Å²) in [6.07, 6.45) is 4.33. The first kappa shape index (κ1) is 21.3. The van der Waals surface area contributed by atoms with Gasteiger partial charge in [-0.3, -0.25) is 9.69 Å². The molecule has 1 aromatic heterocycles. The summed E-state index contributed by atoms with van der Waals surface area (Å²) in [7, 11) is 0. The Morgan fingerprint density at radius 1 is 1.12 bits per heavy atom. The van der Waals surface area contributed by atoms with Gasteiger partial charge in [-0.15, -0.1) is 0 Å². The maximum atomic E-state index is 13.6. The first-order chi connectivity index (χ1) is 15.5. The predicted molar refractivity (Wildman–Crippen MR) is 130 cm³/mol. The smallest absolute Gasteiger partial charge is 0.223 e. The summed E-state index contributed by atoms with van der Waals surface area (Å²) in [5.41, 5.74) is 5.13. The highest BCUT2D eigenvalue weighted by Gasteiger charge is 2.52. The van der Waals surface area contributed by atoms with E-state index in [1.807, 2.05) is 18.2 Å². The number of fused-ring (bicyclic) bond motifs is 5. The van der Waals surface area contributed by atoms with Gasteiger partial charge in [-0.2, -0.15) is 0 Å². The average molecular weight is 430 g/mol. The van der Waals surface area contributed by atoms with Gasteiger partial charge in [-0.1, -0.05) is 62.4 Å². The molecule has 4 atom stereocenters. The van der Waals surface area contributed by atoms with E-state index in [9.17, 15) is 4.79 Å². The number of carbonyl (C=O) groups excluding carboxylic acids is 1. The Hall–Kier alpha value is -2.59. The minimum Gasteiger partial charge on any atom is -0.357 e. The minimum absolute atomic E-state index is 0.00902. The van der Waals surface area contributed by atoms with E-state index in [-0.39, 0.29) is 29.3 Å². The van der Waals surface area contributed by atoms with Gasteiger partial charge in [0.05, 0.1) is 12.1 Å². The fourth-order valence-corrected chi connectivity index (χ4v) is 6.48. The number of H-pyrrole nitrogens is 1. The maximum Gasteiger partial charge on any atom is 0.223 e. The third-order valence-electron chi connectivity index (χ3n) is 8.34. The number of rotatable bonds is 5. The minimum atomic E-state index is -0.0746. The second-order valence-electron chi connectivity index (χ2n) is 9.80. The van der Waals surface area contributed by atoms with Crippen molar-refractivity contribution in [3.05, 3.63) is 71.4 Å². The van der Waals surface area contributed by atoms with Crippen molar-refractivity contribution in [2.45, 2.75) is 58.5 Å². The number of benzene rings is 2. The molecule has 1 unspecified atom stereocenters. The lowest BCUT2D eigenvalue weighted by molar-refractivity contribution is -0.135. The molecule has 5 rings (SSSR count). The predicted octanol–water partition coefficient (Wildman–Crippen LogP) is 5.77. The van der Waals surface area contributed by atoms with Gasteiger partial charge in [0.25, 0.3) is 0 Å². The van der Waals surface area contributed by atoms with Crippen LogP contribution in [0.15, 0.2) is 54.6 Å². The van der Waals surface area contributed by atoms with Crippen molar-refractivity contribution >= 4 is 16.8 Å². The second-order valence-corrected chi connectivity index (χ2v) is 9.80.